The highest BCUT2D eigenvalue weighted by molar-refractivity contribution is 9.09. The number of unbranched alkanes of at least 4 members (excludes halogenated alkanes) is 1. The van der Waals surface area contributed by atoms with E-state index in [1.54, 1.807) is 0 Å². The summed E-state index contributed by atoms with van der Waals surface area (Å²) in [4.78, 5) is 2.11. The topological polar surface area (TPSA) is 12.5 Å². The lowest BCUT2D eigenvalue weighted by atomic mass is 10.3. The first-order valence-corrected chi connectivity index (χ1v) is 6.54. The van der Waals surface area contributed by atoms with Crippen LogP contribution in [0.15, 0.2) is 0 Å². The van der Waals surface area contributed by atoms with Crippen LogP contribution in [-0.4, -0.2) is 49.3 Å². The zero-order valence-electron chi connectivity index (χ0n) is 9.52. The fourth-order valence-corrected chi connectivity index (χ4v) is 1.72. The molecular weight excluding hydrogens is 287 g/mol. The predicted octanol–water partition coefficient (Wildman–Crippen LogP) is 3.06. The molecule has 0 rings (SSSR count). The fourth-order valence-electron chi connectivity index (χ4n) is 1.22. The quantitative estimate of drug-likeness (QED) is 0.479. The molecule has 0 unspecified atom stereocenters. The third kappa shape index (κ3) is 10.7. The van der Waals surface area contributed by atoms with Gasteiger partial charge < -0.3 is 9.64 Å². The van der Waals surface area contributed by atoms with Crippen molar-refractivity contribution in [3.63, 3.8) is 0 Å². The molecule has 0 spiro atoms. The maximum absolute atomic E-state index is 11.8. The van der Waals surface area contributed by atoms with E-state index >= 15 is 0 Å². The molecule has 0 aromatic heterocycles. The van der Waals surface area contributed by atoms with E-state index in [1.807, 2.05) is 0 Å². The van der Waals surface area contributed by atoms with Crippen molar-refractivity contribution in [3.8, 4) is 0 Å². The Balaban J connectivity index is 3.59. The van der Waals surface area contributed by atoms with Gasteiger partial charge in [0.1, 0.15) is 6.61 Å². The number of ether oxygens (including phenoxy) is 1. The van der Waals surface area contributed by atoms with Gasteiger partial charge in [0.2, 0.25) is 0 Å². The van der Waals surface area contributed by atoms with E-state index in [9.17, 15) is 13.2 Å². The zero-order chi connectivity index (χ0) is 12.4. The lowest BCUT2D eigenvalue weighted by Crippen LogP contribution is -2.31. The van der Waals surface area contributed by atoms with Crippen molar-refractivity contribution in [1.82, 2.24) is 4.90 Å². The molecule has 0 saturated carbocycles. The van der Waals surface area contributed by atoms with E-state index in [1.165, 1.54) is 0 Å². The highest BCUT2D eigenvalue weighted by atomic mass is 79.9. The average Bonchev–Trinajstić information content (AvgIpc) is 2.19. The van der Waals surface area contributed by atoms with Crippen LogP contribution >= 0.6 is 15.9 Å². The maximum atomic E-state index is 11.8. The Morgan fingerprint density at radius 2 is 1.88 bits per heavy atom. The van der Waals surface area contributed by atoms with Crippen molar-refractivity contribution in [2.45, 2.75) is 25.9 Å². The fraction of sp³-hybridized carbons (Fsp3) is 1.00. The van der Waals surface area contributed by atoms with Gasteiger partial charge in [-0.2, -0.15) is 13.2 Å². The summed E-state index contributed by atoms with van der Waals surface area (Å²) >= 11 is 3.32. The summed E-state index contributed by atoms with van der Waals surface area (Å²) in [5.41, 5.74) is 0. The first-order chi connectivity index (χ1) is 7.49. The van der Waals surface area contributed by atoms with Gasteiger partial charge in [0.15, 0.2) is 0 Å². The van der Waals surface area contributed by atoms with E-state index < -0.39 is 12.8 Å². The molecule has 0 radical (unpaired) electrons. The van der Waals surface area contributed by atoms with Crippen LogP contribution in [0.1, 0.15) is 19.8 Å². The molecule has 0 heterocycles. The van der Waals surface area contributed by atoms with Gasteiger partial charge in [0.05, 0.1) is 6.61 Å². The monoisotopic (exact) mass is 305 g/mol. The second-order valence-corrected chi connectivity index (χ2v) is 4.34. The molecule has 0 aliphatic carbocycles. The normalized spacial score (nSPS) is 12.4. The molecule has 0 aliphatic rings. The molecule has 0 atom stereocenters. The number of nitrogens with zero attached hydrogens (tertiary/aromatic N) is 1. The molecule has 2 nitrogen and oxygen atoms in total. The van der Waals surface area contributed by atoms with Crippen LogP contribution in [0.3, 0.4) is 0 Å². The van der Waals surface area contributed by atoms with Crippen molar-refractivity contribution in [2.75, 3.05) is 38.2 Å². The van der Waals surface area contributed by atoms with Crippen molar-refractivity contribution in [3.05, 3.63) is 0 Å². The minimum Gasteiger partial charge on any atom is -0.371 e. The van der Waals surface area contributed by atoms with Crippen LogP contribution in [0.5, 0.6) is 0 Å². The number of halogens is 4. The molecule has 0 fully saturated rings. The summed E-state index contributed by atoms with van der Waals surface area (Å²) in [5, 5.41) is 0.829. The molecule has 16 heavy (non-hydrogen) atoms. The largest absolute Gasteiger partial charge is 0.411 e. The molecule has 0 N–H and O–H groups in total. The second-order valence-electron chi connectivity index (χ2n) is 3.55. The summed E-state index contributed by atoms with van der Waals surface area (Å²) < 4.78 is 39.9. The second kappa shape index (κ2) is 9.24. The smallest absolute Gasteiger partial charge is 0.371 e. The van der Waals surface area contributed by atoms with Crippen LogP contribution in [0.4, 0.5) is 13.2 Å². The van der Waals surface area contributed by atoms with E-state index in [0.29, 0.717) is 6.54 Å². The minimum absolute atomic E-state index is 0.135. The van der Waals surface area contributed by atoms with Crippen LogP contribution < -0.4 is 0 Å². The van der Waals surface area contributed by atoms with Crippen molar-refractivity contribution >= 4 is 15.9 Å². The van der Waals surface area contributed by atoms with Crippen molar-refractivity contribution in [1.29, 1.82) is 0 Å². The van der Waals surface area contributed by atoms with Gasteiger partial charge in [-0.3, -0.25) is 0 Å². The Kier molecular flexibility index (Phi) is 9.35. The Bertz CT molecular complexity index is 167. The molecule has 98 valence electrons. The zero-order valence-corrected chi connectivity index (χ0v) is 11.1. The molecule has 0 amide bonds. The molecule has 6 heteroatoms. The van der Waals surface area contributed by atoms with Crippen LogP contribution in [0.25, 0.3) is 0 Å². The SMILES string of the molecule is CCCCN(CCBr)CCOCC(F)(F)F. The molecule has 0 bridgehead atoms. The lowest BCUT2D eigenvalue weighted by molar-refractivity contribution is -0.174. The van der Waals surface area contributed by atoms with E-state index in [4.69, 9.17) is 0 Å². The molecule has 0 aromatic rings. The van der Waals surface area contributed by atoms with E-state index in [-0.39, 0.29) is 6.61 Å². The number of alkyl halides is 4. The standard InChI is InChI=1S/C10H19BrF3NO/c1-2-3-5-15(6-4-11)7-8-16-9-10(12,13)14/h2-9H2,1H3. The van der Waals surface area contributed by atoms with Gasteiger partial charge >= 0.3 is 6.18 Å². The van der Waals surface area contributed by atoms with Crippen LogP contribution in [0, 0.1) is 0 Å². The van der Waals surface area contributed by atoms with E-state index in [2.05, 4.69) is 32.5 Å². The Hall–Kier alpha value is 0.190. The third-order valence-corrected chi connectivity index (χ3v) is 2.40. The first kappa shape index (κ1) is 16.2. The highest BCUT2D eigenvalue weighted by Crippen LogP contribution is 2.14. The first-order valence-electron chi connectivity index (χ1n) is 5.42. The van der Waals surface area contributed by atoms with Gasteiger partial charge in [-0.1, -0.05) is 29.3 Å². The number of rotatable bonds is 9. The lowest BCUT2D eigenvalue weighted by Gasteiger charge is -2.21. The van der Waals surface area contributed by atoms with Crippen LogP contribution in [0.2, 0.25) is 0 Å². The number of hydrogen-bond donors (Lipinski definition) is 0. The Morgan fingerprint density at radius 3 is 2.38 bits per heavy atom. The average molecular weight is 306 g/mol. The summed E-state index contributed by atoms with van der Waals surface area (Å²) in [6.07, 6.45) is -2.07. The van der Waals surface area contributed by atoms with Crippen molar-refractivity contribution < 1.29 is 17.9 Å². The van der Waals surface area contributed by atoms with Gasteiger partial charge in [-0.25, -0.2) is 0 Å². The summed E-state index contributed by atoms with van der Waals surface area (Å²) in [5.74, 6) is 0. The highest BCUT2D eigenvalue weighted by Gasteiger charge is 2.27. The molecule has 0 aliphatic heterocycles. The van der Waals surface area contributed by atoms with Gasteiger partial charge in [0.25, 0.3) is 0 Å². The molecular formula is C10H19BrF3NO. The third-order valence-electron chi connectivity index (χ3n) is 2.05. The minimum atomic E-state index is -4.22. The van der Waals surface area contributed by atoms with Crippen LogP contribution in [-0.2, 0) is 4.74 Å². The Labute approximate surface area is 103 Å². The molecule has 0 aromatic carbocycles. The maximum Gasteiger partial charge on any atom is 0.411 e. The Morgan fingerprint density at radius 1 is 1.19 bits per heavy atom. The van der Waals surface area contributed by atoms with Gasteiger partial charge in [0, 0.05) is 18.4 Å². The summed E-state index contributed by atoms with van der Waals surface area (Å²) in [6.45, 7) is 3.39. The molecule has 0 saturated heterocycles. The van der Waals surface area contributed by atoms with Crippen molar-refractivity contribution in [2.24, 2.45) is 0 Å². The van der Waals surface area contributed by atoms with Gasteiger partial charge in [-0.05, 0) is 13.0 Å². The number of hydrogen-bond acceptors (Lipinski definition) is 2. The summed E-state index contributed by atoms with van der Waals surface area (Å²) in [7, 11) is 0. The van der Waals surface area contributed by atoms with E-state index in [0.717, 1.165) is 31.3 Å². The van der Waals surface area contributed by atoms with Gasteiger partial charge in [-0.15, -0.1) is 0 Å². The predicted molar refractivity (Wildman–Crippen MR) is 62.0 cm³/mol. The summed E-state index contributed by atoms with van der Waals surface area (Å²) in [6, 6.07) is 0.